The first-order valence-electron chi connectivity index (χ1n) is 10.1. The third kappa shape index (κ3) is 4.25. The highest BCUT2D eigenvalue weighted by Gasteiger charge is 2.13. The van der Waals surface area contributed by atoms with Gasteiger partial charge in [-0.05, 0) is 49.9 Å². The van der Waals surface area contributed by atoms with Gasteiger partial charge in [0.05, 0.1) is 12.2 Å². The van der Waals surface area contributed by atoms with E-state index < -0.39 is 0 Å². The molecule has 0 saturated carbocycles. The quantitative estimate of drug-likeness (QED) is 0.515. The van der Waals surface area contributed by atoms with Crippen molar-refractivity contribution in [3.05, 3.63) is 82.6 Å². The van der Waals surface area contributed by atoms with Crippen LogP contribution in [0.1, 0.15) is 40.2 Å². The lowest BCUT2D eigenvalue weighted by molar-refractivity contribution is -0.121. The highest BCUT2D eigenvalue weighted by atomic mass is 16.1. The van der Waals surface area contributed by atoms with Gasteiger partial charge < -0.3 is 5.32 Å². The fourth-order valence-electron chi connectivity index (χ4n) is 3.78. The predicted octanol–water partition coefficient (Wildman–Crippen LogP) is 3.15. The average molecular weight is 403 g/mol. The maximum Gasteiger partial charge on any atom is 0.220 e. The second kappa shape index (κ2) is 8.49. The molecule has 0 bridgehead atoms. The van der Waals surface area contributed by atoms with E-state index in [0.29, 0.717) is 25.9 Å². The van der Waals surface area contributed by atoms with Gasteiger partial charge in [-0.3, -0.25) is 9.48 Å². The van der Waals surface area contributed by atoms with Gasteiger partial charge in [0.25, 0.3) is 0 Å². The SMILES string of the molecule is Cc1cc2nc(C)c(CCC(=O)NCc3ccccc3Cn3cccn3)c(C)n2n1. The molecule has 0 aliphatic rings. The molecule has 0 aliphatic heterocycles. The molecular formula is C23H26N6O. The lowest BCUT2D eigenvalue weighted by atomic mass is 10.1. The largest absolute Gasteiger partial charge is 0.352 e. The van der Waals surface area contributed by atoms with Crippen LogP contribution in [0, 0.1) is 20.8 Å². The normalized spacial score (nSPS) is 11.2. The summed E-state index contributed by atoms with van der Waals surface area (Å²) in [4.78, 5) is 17.2. The van der Waals surface area contributed by atoms with E-state index in [2.05, 4.69) is 26.6 Å². The standard InChI is InChI=1S/C23H26N6O/c1-16-13-22-26-17(2)21(18(3)29(22)27-16)9-10-23(30)24-14-19-7-4-5-8-20(19)15-28-12-6-11-25-28/h4-8,11-13H,9-10,14-15H2,1-3H3,(H,24,30). The summed E-state index contributed by atoms with van der Waals surface area (Å²) in [6.07, 6.45) is 4.76. The summed E-state index contributed by atoms with van der Waals surface area (Å²) in [7, 11) is 0. The van der Waals surface area contributed by atoms with Crippen LogP contribution in [0.25, 0.3) is 5.65 Å². The van der Waals surface area contributed by atoms with Crippen molar-refractivity contribution < 1.29 is 4.79 Å². The van der Waals surface area contributed by atoms with Crippen LogP contribution in [0.3, 0.4) is 0 Å². The minimum absolute atomic E-state index is 0.0273. The van der Waals surface area contributed by atoms with Gasteiger partial charge in [-0.15, -0.1) is 0 Å². The highest BCUT2D eigenvalue weighted by Crippen LogP contribution is 2.17. The minimum Gasteiger partial charge on any atom is -0.352 e. The Morgan fingerprint density at radius 1 is 1.10 bits per heavy atom. The molecule has 7 heteroatoms. The Morgan fingerprint density at radius 2 is 1.90 bits per heavy atom. The highest BCUT2D eigenvalue weighted by molar-refractivity contribution is 5.76. The van der Waals surface area contributed by atoms with E-state index in [4.69, 9.17) is 0 Å². The van der Waals surface area contributed by atoms with Gasteiger partial charge in [-0.25, -0.2) is 9.50 Å². The average Bonchev–Trinajstić information content (AvgIpc) is 3.36. The van der Waals surface area contributed by atoms with Crippen molar-refractivity contribution in [1.82, 2.24) is 29.7 Å². The van der Waals surface area contributed by atoms with Gasteiger partial charge in [0.2, 0.25) is 5.91 Å². The van der Waals surface area contributed by atoms with Crippen molar-refractivity contribution in [2.45, 2.75) is 46.7 Å². The van der Waals surface area contributed by atoms with Crippen molar-refractivity contribution in [1.29, 1.82) is 0 Å². The van der Waals surface area contributed by atoms with E-state index >= 15 is 0 Å². The van der Waals surface area contributed by atoms with Gasteiger partial charge in [0, 0.05) is 42.8 Å². The fourth-order valence-corrected chi connectivity index (χ4v) is 3.78. The molecule has 0 saturated heterocycles. The zero-order chi connectivity index (χ0) is 21.1. The van der Waals surface area contributed by atoms with Crippen molar-refractivity contribution in [3.63, 3.8) is 0 Å². The maximum atomic E-state index is 12.5. The van der Waals surface area contributed by atoms with Gasteiger partial charge in [0.15, 0.2) is 5.65 Å². The van der Waals surface area contributed by atoms with E-state index in [-0.39, 0.29) is 5.91 Å². The number of hydrogen-bond acceptors (Lipinski definition) is 4. The second-order valence-electron chi connectivity index (χ2n) is 7.57. The summed E-state index contributed by atoms with van der Waals surface area (Å²) in [6, 6.07) is 12.0. The first-order valence-corrected chi connectivity index (χ1v) is 10.1. The number of fused-ring (bicyclic) bond motifs is 1. The summed E-state index contributed by atoms with van der Waals surface area (Å²) < 4.78 is 3.74. The number of hydrogen-bond donors (Lipinski definition) is 1. The monoisotopic (exact) mass is 402 g/mol. The third-order valence-electron chi connectivity index (χ3n) is 5.37. The molecule has 0 fully saturated rings. The summed E-state index contributed by atoms with van der Waals surface area (Å²) >= 11 is 0. The molecule has 0 spiro atoms. The van der Waals surface area contributed by atoms with Gasteiger partial charge in [-0.2, -0.15) is 10.2 Å². The van der Waals surface area contributed by atoms with E-state index in [1.165, 1.54) is 0 Å². The Morgan fingerprint density at radius 3 is 2.67 bits per heavy atom. The lowest BCUT2D eigenvalue weighted by Crippen LogP contribution is -2.24. The van der Waals surface area contributed by atoms with Gasteiger partial charge in [0.1, 0.15) is 0 Å². The zero-order valence-electron chi connectivity index (χ0n) is 17.6. The molecular weight excluding hydrogens is 376 g/mol. The van der Waals surface area contributed by atoms with Gasteiger partial charge in [-0.1, -0.05) is 24.3 Å². The minimum atomic E-state index is 0.0273. The van der Waals surface area contributed by atoms with Crippen molar-refractivity contribution in [2.24, 2.45) is 0 Å². The smallest absolute Gasteiger partial charge is 0.220 e. The Labute approximate surface area is 175 Å². The van der Waals surface area contributed by atoms with Gasteiger partial charge >= 0.3 is 0 Å². The van der Waals surface area contributed by atoms with E-state index in [9.17, 15) is 4.79 Å². The summed E-state index contributed by atoms with van der Waals surface area (Å²) in [5.41, 5.74) is 7.12. The number of nitrogens with zero attached hydrogens (tertiary/aromatic N) is 5. The maximum absolute atomic E-state index is 12.5. The van der Waals surface area contributed by atoms with E-state index in [1.807, 2.05) is 66.5 Å². The zero-order valence-corrected chi connectivity index (χ0v) is 17.6. The number of aryl methyl sites for hydroxylation is 3. The predicted molar refractivity (Wildman–Crippen MR) is 115 cm³/mol. The molecule has 1 aromatic carbocycles. The number of benzene rings is 1. The summed E-state index contributed by atoms with van der Waals surface area (Å²) in [5.74, 6) is 0.0273. The molecule has 3 heterocycles. The molecule has 0 unspecified atom stereocenters. The first kappa shape index (κ1) is 19.8. The molecule has 0 atom stereocenters. The molecule has 7 nitrogen and oxygen atoms in total. The van der Waals surface area contributed by atoms with Crippen LogP contribution < -0.4 is 5.32 Å². The number of rotatable bonds is 7. The Hall–Kier alpha value is -3.48. The van der Waals surface area contributed by atoms with Crippen molar-refractivity contribution >= 4 is 11.6 Å². The lowest BCUT2D eigenvalue weighted by Gasteiger charge is -2.13. The van der Waals surface area contributed by atoms with Crippen molar-refractivity contribution in [3.8, 4) is 0 Å². The molecule has 30 heavy (non-hydrogen) atoms. The molecule has 3 aromatic heterocycles. The number of aromatic nitrogens is 5. The Bertz CT molecular complexity index is 1180. The summed E-state index contributed by atoms with van der Waals surface area (Å²) in [6.45, 7) is 7.18. The third-order valence-corrected chi connectivity index (χ3v) is 5.37. The molecule has 4 aromatic rings. The molecule has 154 valence electrons. The molecule has 0 radical (unpaired) electrons. The number of carbonyl (C=O) groups is 1. The fraction of sp³-hybridized carbons (Fsp3) is 0.304. The number of carbonyl (C=O) groups excluding carboxylic acids is 1. The second-order valence-corrected chi connectivity index (χ2v) is 7.57. The molecule has 4 rings (SSSR count). The molecule has 1 N–H and O–H groups in total. The molecule has 0 aliphatic carbocycles. The van der Waals surface area contributed by atoms with Crippen LogP contribution in [0.4, 0.5) is 0 Å². The Kier molecular flexibility index (Phi) is 5.61. The molecule has 1 amide bonds. The van der Waals surface area contributed by atoms with Crippen LogP contribution in [-0.4, -0.2) is 30.3 Å². The van der Waals surface area contributed by atoms with Crippen LogP contribution in [0.15, 0.2) is 48.8 Å². The van der Waals surface area contributed by atoms with E-state index in [1.54, 1.807) is 6.20 Å². The van der Waals surface area contributed by atoms with Crippen LogP contribution in [0.5, 0.6) is 0 Å². The topological polar surface area (TPSA) is 77.1 Å². The number of amides is 1. The first-order chi connectivity index (χ1) is 14.5. The number of nitrogens with one attached hydrogen (secondary N) is 1. The summed E-state index contributed by atoms with van der Waals surface area (Å²) in [5, 5.41) is 11.8. The van der Waals surface area contributed by atoms with Crippen LogP contribution in [-0.2, 0) is 24.3 Å². The van der Waals surface area contributed by atoms with Crippen LogP contribution in [0.2, 0.25) is 0 Å². The van der Waals surface area contributed by atoms with E-state index in [0.717, 1.165) is 39.4 Å². The van der Waals surface area contributed by atoms with Crippen LogP contribution >= 0.6 is 0 Å². The Balaban J connectivity index is 1.39. The van der Waals surface area contributed by atoms with Crippen molar-refractivity contribution in [2.75, 3.05) is 0 Å².